The summed E-state index contributed by atoms with van der Waals surface area (Å²) >= 11 is 0. The fraction of sp³-hybridized carbons (Fsp3) is 0.364. The topological polar surface area (TPSA) is 26.3 Å². The fourth-order valence-electron chi connectivity index (χ4n) is 1.34. The number of carbonyl (C=O) groups is 1. The smallest absolute Gasteiger partial charge is 0.315 e. The van der Waals surface area contributed by atoms with Crippen LogP contribution in [0.25, 0.3) is 0 Å². The molecule has 1 aromatic rings. The molecule has 74 valence electrons. The highest BCUT2D eigenvalue weighted by Crippen LogP contribution is 2.23. The number of ether oxygens (including phenoxy) is 1. The lowest BCUT2D eigenvalue weighted by Gasteiger charge is -2.21. The second-order valence-electron chi connectivity index (χ2n) is 3.98. The molecule has 0 unspecified atom stereocenters. The standard InChI is InChI=1S/C11H15BO2/c1-11(2,10(13)14-3)8-4-6-9(12)7-5-8/h4-7H,12H2,1-3H3. The van der Waals surface area contributed by atoms with Gasteiger partial charge in [-0.05, 0) is 19.4 Å². The molecule has 2 nitrogen and oxygen atoms in total. The maximum absolute atomic E-state index is 11.5. The van der Waals surface area contributed by atoms with Gasteiger partial charge in [0.1, 0.15) is 7.85 Å². The van der Waals surface area contributed by atoms with Gasteiger partial charge in [-0.15, -0.1) is 0 Å². The molecular formula is C11H15BO2. The average molecular weight is 190 g/mol. The fourth-order valence-corrected chi connectivity index (χ4v) is 1.34. The number of methoxy groups -OCH3 is 1. The molecule has 0 aliphatic carbocycles. The molecule has 0 aliphatic heterocycles. The molecule has 0 radical (unpaired) electrons. The van der Waals surface area contributed by atoms with Crippen molar-refractivity contribution in [2.75, 3.05) is 7.11 Å². The summed E-state index contributed by atoms with van der Waals surface area (Å²) in [7, 11) is 3.44. The third-order valence-electron chi connectivity index (χ3n) is 2.47. The van der Waals surface area contributed by atoms with Crippen molar-refractivity contribution in [3.63, 3.8) is 0 Å². The summed E-state index contributed by atoms with van der Waals surface area (Å²) in [6.45, 7) is 3.73. The van der Waals surface area contributed by atoms with Crippen molar-refractivity contribution in [3.05, 3.63) is 29.8 Å². The Morgan fingerprint density at radius 1 is 1.29 bits per heavy atom. The van der Waals surface area contributed by atoms with E-state index >= 15 is 0 Å². The van der Waals surface area contributed by atoms with Gasteiger partial charge in [0.2, 0.25) is 0 Å². The Balaban J connectivity index is 3.03. The van der Waals surface area contributed by atoms with Gasteiger partial charge in [-0.2, -0.15) is 0 Å². The highest BCUT2D eigenvalue weighted by atomic mass is 16.5. The summed E-state index contributed by atoms with van der Waals surface area (Å²) in [5, 5.41) is 0. The van der Waals surface area contributed by atoms with Crippen molar-refractivity contribution < 1.29 is 9.53 Å². The Morgan fingerprint density at radius 3 is 2.21 bits per heavy atom. The zero-order chi connectivity index (χ0) is 10.8. The van der Waals surface area contributed by atoms with E-state index < -0.39 is 5.41 Å². The zero-order valence-electron chi connectivity index (χ0n) is 9.13. The molecule has 0 heterocycles. The Labute approximate surface area is 85.7 Å². The minimum Gasteiger partial charge on any atom is -0.468 e. The van der Waals surface area contributed by atoms with Gasteiger partial charge in [0.15, 0.2) is 0 Å². The molecule has 0 amide bonds. The van der Waals surface area contributed by atoms with Crippen LogP contribution < -0.4 is 5.46 Å². The number of benzene rings is 1. The highest BCUT2D eigenvalue weighted by Gasteiger charge is 2.30. The molecule has 0 fully saturated rings. The molecular weight excluding hydrogens is 175 g/mol. The van der Waals surface area contributed by atoms with Gasteiger partial charge in [-0.3, -0.25) is 4.79 Å². The van der Waals surface area contributed by atoms with E-state index in [4.69, 9.17) is 4.74 Å². The van der Waals surface area contributed by atoms with E-state index in [0.29, 0.717) is 0 Å². The third-order valence-corrected chi connectivity index (χ3v) is 2.47. The molecule has 3 heteroatoms. The van der Waals surface area contributed by atoms with Crippen molar-refractivity contribution in [1.82, 2.24) is 0 Å². The van der Waals surface area contributed by atoms with Gasteiger partial charge in [-0.25, -0.2) is 0 Å². The van der Waals surface area contributed by atoms with Crippen molar-refractivity contribution in [2.24, 2.45) is 0 Å². The Kier molecular flexibility index (Phi) is 2.99. The summed E-state index contributed by atoms with van der Waals surface area (Å²) in [6, 6.07) is 7.93. The molecule has 0 aliphatic rings. The zero-order valence-corrected chi connectivity index (χ0v) is 9.13. The molecule has 0 saturated heterocycles. The Hall–Kier alpha value is -1.25. The summed E-state index contributed by atoms with van der Waals surface area (Å²) in [4.78, 5) is 11.5. The van der Waals surface area contributed by atoms with Gasteiger partial charge >= 0.3 is 5.97 Å². The molecule has 0 atom stereocenters. The largest absolute Gasteiger partial charge is 0.468 e. The van der Waals surface area contributed by atoms with Gasteiger partial charge in [-0.1, -0.05) is 29.7 Å². The quantitative estimate of drug-likeness (QED) is 0.498. The monoisotopic (exact) mass is 190 g/mol. The van der Waals surface area contributed by atoms with Crippen molar-refractivity contribution >= 4 is 19.3 Å². The molecule has 1 rings (SSSR count). The predicted octanol–water partition coefficient (Wildman–Crippen LogP) is 0.396. The van der Waals surface area contributed by atoms with E-state index in [9.17, 15) is 4.79 Å². The average Bonchev–Trinajstić information content (AvgIpc) is 2.17. The van der Waals surface area contributed by atoms with Crippen LogP contribution in [0, 0.1) is 0 Å². The molecule has 0 N–H and O–H groups in total. The second-order valence-corrected chi connectivity index (χ2v) is 3.98. The van der Waals surface area contributed by atoms with Gasteiger partial charge in [0, 0.05) is 0 Å². The van der Waals surface area contributed by atoms with Crippen LogP contribution in [0.4, 0.5) is 0 Å². The Morgan fingerprint density at radius 2 is 1.79 bits per heavy atom. The van der Waals surface area contributed by atoms with Gasteiger partial charge in [0.05, 0.1) is 12.5 Å². The van der Waals surface area contributed by atoms with Crippen LogP contribution in [0.1, 0.15) is 19.4 Å². The van der Waals surface area contributed by atoms with Gasteiger partial charge < -0.3 is 4.74 Å². The van der Waals surface area contributed by atoms with Gasteiger partial charge in [0.25, 0.3) is 0 Å². The first kappa shape index (κ1) is 10.8. The number of hydrogen-bond donors (Lipinski definition) is 0. The van der Waals surface area contributed by atoms with E-state index in [1.165, 1.54) is 12.6 Å². The van der Waals surface area contributed by atoms with Crippen LogP contribution in [0.5, 0.6) is 0 Å². The third kappa shape index (κ3) is 1.98. The Bertz CT molecular complexity index is 328. The normalized spacial score (nSPS) is 11.1. The van der Waals surface area contributed by atoms with E-state index in [0.717, 1.165) is 5.56 Å². The number of hydrogen-bond acceptors (Lipinski definition) is 2. The summed E-state index contributed by atoms with van der Waals surface area (Å²) in [5.74, 6) is -0.207. The number of carbonyl (C=O) groups excluding carboxylic acids is 1. The highest BCUT2D eigenvalue weighted by molar-refractivity contribution is 6.32. The molecule has 0 saturated carbocycles. The van der Waals surface area contributed by atoms with Crippen LogP contribution in [-0.2, 0) is 14.9 Å². The van der Waals surface area contributed by atoms with Crippen molar-refractivity contribution in [3.8, 4) is 0 Å². The molecule has 1 aromatic carbocycles. The van der Waals surface area contributed by atoms with Crippen molar-refractivity contribution in [1.29, 1.82) is 0 Å². The second kappa shape index (κ2) is 3.87. The van der Waals surface area contributed by atoms with Crippen LogP contribution >= 0.6 is 0 Å². The molecule has 0 aromatic heterocycles. The van der Waals surface area contributed by atoms with Crippen LogP contribution in [0.15, 0.2) is 24.3 Å². The first-order valence-electron chi connectivity index (χ1n) is 4.64. The summed E-state index contributed by atoms with van der Waals surface area (Å²) in [5.41, 5.74) is 1.60. The molecule has 0 bridgehead atoms. The summed E-state index contributed by atoms with van der Waals surface area (Å²) < 4.78 is 4.76. The van der Waals surface area contributed by atoms with Crippen molar-refractivity contribution in [2.45, 2.75) is 19.3 Å². The number of esters is 1. The lowest BCUT2D eigenvalue weighted by Crippen LogP contribution is -2.30. The number of rotatable bonds is 2. The van der Waals surface area contributed by atoms with E-state index in [1.807, 2.05) is 46.0 Å². The maximum Gasteiger partial charge on any atom is 0.315 e. The first-order valence-corrected chi connectivity index (χ1v) is 4.64. The predicted molar refractivity (Wildman–Crippen MR) is 59.7 cm³/mol. The van der Waals surface area contributed by atoms with Crippen LogP contribution in [0.3, 0.4) is 0 Å². The molecule has 14 heavy (non-hydrogen) atoms. The minimum atomic E-state index is -0.567. The molecule has 0 spiro atoms. The minimum absolute atomic E-state index is 0.207. The first-order chi connectivity index (χ1) is 6.48. The maximum atomic E-state index is 11.5. The van der Waals surface area contributed by atoms with E-state index in [1.54, 1.807) is 0 Å². The van der Waals surface area contributed by atoms with E-state index in [-0.39, 0.29) is 5.97 Å². The van der Waals surface area contributed by atoms with E-state index in [2.05, 4.69) is 0 Å². The lowest BCUT2D eigenvalue weighted by atomic mass is 9.83. The summed E-state index contributed by atoms with van der Waals surface area (Å²) in [6.07, 6.45) is 0. The van der Waals surface area contributed by atoms with Crippen LogP contribution in [0.2, 0.25) is 0 Å². The lowest BCUT2D eigenvalue weighted by molar-refractivity contribution is -0.146. The SMILES string of the molecule is Bc1ccc(C(C)(C)C(=O)OC)cc1. The van der Waals surface area contributed by atoms with Crippen LogP contribution in [-0.4, -0.2) is 20.9 Å².